The Balaban J connectivity index is 1.51. The van der Waals surface area contributed by atoms with E-state index in [-0.39, 0.29) is 39.0 Å². The Morgan fingerprint density at radius 3 is 2.37 bits per heavy atom. The van der Waals surface area contributed by atoms with Gasteiger partial charge in [-0.3, -0.25) is 24.1 Å². The number of benzene rings is 2. The minimum Gasteiger partial charge on any atom is -0.379 e. The molecule has 2 aromatic rings. The number of carbonyl (C=O) groups is 4. The average Bonchev–Trinajstić information content (AvgIpc) is 3.57. The molecule has 0 aromatic heterocycles. The number of amides is 3. The van der Waals surface area contributed by atoms with Crippen LogP contribution in [0.3, 0.4) is 0 Å². The van der Waals surface area contributed by atoms with Crippen LogP contribution in [-0.4, -0.2) is 125 Å². The molecule has 2 aromatic carbocycles. The number of sulfonamides is 1. The molecule has 0 saturated carbocycles. The molecule has 4 rings (SSSR count). The topological polar surface area (TPSA) is 189 Å². The second-order valence-corrected chi connectivity index (χ2v) is 15.4. The number of hydrogen-bond acceptors (Lipinski definition) is 10. The Labute approximate surface area is 311 Å². The minimum atomic E-state index is -3.82. The molecular weight excluding hydrogens is 712 g/mol. The van der Waals surface area contributed by atoms with Gasteiger partial charge in [-0.1, -0.05) is 54.1 Å². The van der Waals surface area contributed by atoms with E-state index >= 15 is 0 Å². The van der Waals surface area contributed by atoms with Crippen molar-refractivity contribution in [3.63, 3.8) is 0 Å². The van der Waals surface area contributed by atoms with E-state index in [9.17, 15) is 27.6 Å². The van der Waals surface area contributed by atoms with Gasteiger partial charge in [-0.15, -0.1) is 0 Å². The molecule has 2 heterocycles. The molecule has 2 saturated heterocycles. The number of nitrogens with two attached hydrogens (primary N) is 1. The van der Waals surface area contributed by atoms with Crippen LogP contribution in [0.25, 0.3) is 0 Å². The summed E-state index contributed by atoms with van der Waals surface area (Å²) in [5, 5.41) is 5.99. The number of halogens is 1. The van der Waals surface area contributed by atoms with Crippen molar-refractivity contribution in [1.82, 2.24) is 25.2 Å². The number of ether oxygens (including phenoxy) is 2. The second-order valence-electron chi connectivity index (χ2n) is 13.2. The molecule has 2 fully saturated rings. The first kappa shape index (κ1) is 41.3. The van der Waals surface area contributed by atoms with Crippen LogP contribution in [0.15, 0.2) is 54.6 Å². The van der Waals surface area contributed by atoms with E-state index in [4.69, 9.17) is 26.8 Å². The van der Waals surface area contributed by atoms with Crippen LogP contribution >= 0.6 is 11.6 Å². The number of rotatable bonds is 20. The van der Waals surface area contributed by atoms with Gasteiger partial charge in [0, 0.05) is 44.2 Å². The number of unbranched alkanes of at least 4 members (excludes halogenated alkanes) is 1. The van der Waals surface area contributed by atoms with Gasteiger partial charge in [-0.2, -0.15) is 0 Å². The van der Waals surface area contributed by atoms with Gasteiger partial charge in [-0.05, 0) is 61.9 Å². The highest BCUT2D eigenvalue weighted by molar-refractivity contribution is 7.88. The zero-order valence-corrected chi connectivity index (χ0v) is 31.2. The number of hydrogen-bond donors (Lipinski definition) is 4. The van der Waals surface area contributed by atoms with Crippen molar-refractivity contribution in [3.05, 3.63) is 70.7 Å². The first-order chi connectivity index (χ1) is 24.9. The Kier molecular flexibility index (Phi) is 16.5. The summed E-state index contributed by atoms with van der Waals surface area (Å²) in [5.74, 6) is -2.84. The van der Waals surface area contributed by atoms with Gasteiger partial charge in [0.1, 0.15) is 12.1 Å². The molecule has 0 spiro atoms. The molecule has 5 N–H and O–H groups in total. The van der Waals surface area contributed by atoms with Crippen LogP contribution in [0.4, 0.5) is 0 Å². The molecule has 0 radical (unpaired) electrons. The van der Waals surface area contributed by atoms with Crippen LogP contribution in [0.1, 0.15) is 43.2 Å². The SMILES string of the molecule is CS(=O)(=O)N[C@H](CCc1ccccc1)C(=O)N1C[C@H](OCc2ccc(Cl)cc2)C[C@H]1C(=O)N[C@@H](CCCCN)C(=O)C(=O)NCCN1CCOCC1. The van der Waals surface area contributed by atoms with Gasteiger partial charge in [0.15, 0.2) is 0 Å². The highest BCUT2D eigenvalue weighted by Gasteiger charge is 2.43. The third-order valence-electron chi connectivity index (χ3n) is 9.09. The lowest BCUT2D eigenvalue weighted by molar-refractivity contribution is -0.142. The maximum atomic E-state index is 14.2. The van der Waals surface area contributed by atoms with E-state index in [1.807, 2.05) is 42.5 Å². The van der Waals surface area contributed by atoms with Gasteiger partial charge < -0.3 is 30.7 Å². The van der Waals surface area contributed by atoms with Crippen LogP contribution < -0.4 is 21.1 Å². The molecule has 2 aliphatic heterocycles. The molecule has 52 heavy (non-hydrogen) atoms. The van der Waals surface area contributed by atoms with Crippen molar-refractivity contribution in [1.29, 1.82) is 0 Å². The number of morpholine rings is 1. The number of ketones is 1. The molecule has 0 aliphatic carbocycles. The van der Waals surface area contributed by atoms with Gasteiger partial charge in [-0.25, -0.2) is 13.1 Å². The summed E-state index contributed by atoms with van der Waals surface area (Å²) in [6, 6.07) is 13.0. The summed E-state index contributed by atoms with van der Waals surface area (Å²) >= 11 is 6.03. The van der Waals surface area contributed by atoms with Crippen LogP contribution in [0.5, 0.6) is 0 Å². The van der Waals surface area contributed by atoms with Crippen LogP contribution in [0, 0.1) is 0 Å². The summed E-state index contributed by atoms with van der Waals surface area (Å²) < 4.78 is 38.8. The van der Waals surface area contributed by atoms with Crippen molar-refractivity contribution in [3.8, 4) is 0 Å². The highest BCUT2D eigenvalue weighted by Crippen LogP contribution is 2.25. The zero-order valence-electron chi connectivity index (χ0n) is 29.6. The van der Waals surface area contributed by atoms with Gasteiger partial charge in [0.2, 0.25) is 27.6 Å². The fraction of sp³-hybridized carbons (Fsp3) is 0.556. The largest absolute Gasteiger partial charge is 0.379 e. The number of nitrogens with one attached hydrogen (secondary N) is 3. The zero-order chi connectivity index (χ0) is 37.5. The Bertz CT molecular complexity index is 1580. The molecule has 2 aliphatic rings. The van der Waals surface area contributed by atoms with E-state index < -0.39 is 57.8 Å². The number of nitrogens with zero attached hydrogens (tertiary/aromatic N) is 2. The standard InChI is InChI=1S/C36H51ClN6O8S/c1-52(48,49)41-31(15-12-26-7-3-2-4-8-26)36(47)43-24-29(51-25-27-10-13-28(37)14-11-27)23-32(43)34(45)40-30(9-5-6-16-38)33(44)35(46)39-17-18-42-19-21-50-22-20-42/h2-4,7-8,10-11,13-14,29-32,41H,5-6,9,12,15-25,38H2,1H3,(H,39,46)(H,40,45)/t29-,30+,31-,32+/m1/s1. The summed E-state index contributed by atoms with van der Waals surface area (Å²) in [5.41, 5.74) is 7.44. The van der Waals surface area contributed by atoms with E-state index in [2.05, 4.69) is 20.3 Å². The smallest absolute Gasteiger partial charge is 0.289 e. The van der Waals surface area contributed by atoms with Crippen LogP contribution in [0.2, 0.25) is 5.02 Å². The predicted octanol–water partition coefficient (Wildman–Crippen LogP) is 1.01. The van der Waals surface area contributed by atoms with Crippen molar-refractivity contribution in [2.45, 2.75) is 69.4 Å². The normalized spacial score (nSPS) is 19.2. The third-order valence-corrected chi connectivity index (χ3v) is 10.1. The molecule has 3 amide bonds. The summed E-state index contributed by atoms with van der Waals surface area (Å²) in [4.78, 5) is 58.1. The molecule has 16 heteroatoms. The Hall–Kier alpha value is -3.44. The molecule has 0 unspecified atom stereocenters. The number of likely N-dealkylation sites (tertiary alicyclic amines) is 1. The van der Waals surface area contributed by atoms with Crippen molar-refractivity contribution >= 4 is 45.1 Å². The number of carbonyl (C=O) groups excluding carboxylic acids is 4. The molecule has 4 atom stereocenters. The first-order valence-corrected chi connectivity index (χ1v) is 20.0. The van der Waals surface area contributed by atoms with E-state index in [0.29, 0.717) is 50.6 Å². The first-order valence-electron chi connectivity index (χ1n) is 17.7. The quantitative estimate of drug-likeness (QED) is 0.112. The lowest BCUT2D eigenvalue weighted by Gasteiger charge is -2.29. The lowest BCUT2D eigenvalue weighted by Crippen LogP contribution is -2.56. The van der Waals surface area contributed by atoms with Crippen molar-refractivity contribution in [2.24, 2.45) is 5.73 Å². The summed E-state index contributed by atoms with van der Waals surface area (Å²) in [6.45, 7) is 4.04. The second kappa shape index (κ2) is 20.7. The van der Waals surface area contributed by atoms with Crippen molar-refractivity contribution < 1.29 is 37.1 Å². The van der Waals surface area contributed by atoms with Gasteiger partial charge >= 0.3 is 0 Å². The average molecular weight is 763 g/mol. The Morgan fingerprint density at radius 2 is 1.69 bits per heavy atom. The monoisotopic (exact) mass is 762 g/mol. The highest BCUT2D eigenvalue weighted by atomic mass is 35.5. The maximum Gasteiger partial charge on any atom is 0.289 e. The van der Waals surface area contributed by atoms with E-state index in [0.717, 1.165) is 30.5 Å². The molecular formula is C36H51ClN6O8S. The third kappa shape index (κ3) is 13.5. The minimum absolute atomic E-state index is 0.00556. The number of aryl methyl sites for hydroxylation is 1. The lowest BCUT2D eigenvalue weighted by atomic mass is 10.0. The Morgan fingerprint density at radius 1 is 0.981 bits per heavy atom. The maximum absolute atomic E-state index is 14.2. The number of Topliss-reactive ketones (excluding diaryl/α,β-unsaturated/α-hetero) is 1. The van der Waals surface area contributed by atoms with Gasteiger partial charge in [0.25, 0.3) is 5.91 Å². The van der Waals surface area contributed by atoms with Gasteiger partial charge in [0.05, 0.1) is 38.2 Å². The predicted molar refractivity (Wildman–Crippen MR) is 197 cm³/mol. The van der Waals surface area contributed by atoms with E-state index in [1.54, 1.807) is 12.1 Å². The molecule has 14 nitrogen and oxygen atoms in total. The molecule has 286 valence electrons. The van der Waals surface area contributed by atoms with Crippen LogP contribution in [-0.2, 0) is 51.7 Å². The van der Waals surface area contributed by atoms with Crippen molar-refractivity contribution in [2.75, 3.05) is 58.7 Å². The van der Waals surface area contributed by atoms with E-state index in [1.165, 1.54) is 4.90 Å². The summed E-state index contributed by atoms with van der Waals surface area (Å²) in [6.07, 6.45) is 2.25. The molecule has 0 bridgehead atoms. The fourth-order valence-corrected chi connectivity index (χ4v) is 7.14. The fourth-order valence-electron chi connectivity index (χ4n) is 6.28. The summed E-state index contributed by atoms with van der Waals surface area (Å²) in [7, 11) is -3.82.